The lowest BCUT2D eigenvalue weighted by molar-refractivity contribution is -0.125. The number of carbonyl (C=O) groups is 1. The molecule has 2 aromatic rings. The molecule has 2 saturated carbocycles. The molecule has 3 aliphatic rings. The normalized spacial score (nSPS) is 36.6. The second kappa shape index (κ2) is 5.43. The van der Waals surface area contributed by atoms with Crippen LogP contribution < -0.4 is 5.32 Å². The van der Waals surface area contributed by atoms with Gasteiger partial charge in [0.25, 0.3) is 0 Å². The molecule has 1 unspecified atom stereocenters. The van der Waals surface area contributed by atoms with Crippen LogP contribution in [0.4, 0.5) is 0 Å². The van der Waals surface area contributed by atoms with Gasteiger partial charge in [0.15, 0.2) is 0 Å². The number of nitrogens with one attached hydrogen (secondary N) is 2. The molecular weight excluding hydrogens is 342 g/mol. The molecule has 5 atom stereocenters. The van der Waals surface area contributed by atoms with E-state index in [0.29, 0.717) is 42.9 Å². The highest BCUT2D eigenvalue weighted by Gasteiger charge is 2.62. The van der Waals surface area contributed by atoms with Crippen molar-refractivity contribution in [2.75, 3.05) is 13.2 Å². The third-order valence-electron chi connectivity index (χ3n) is 6.11. The summed E-state index contributed by atoms with van der Waals surface area (Å²) in [7, 11) is 0. The molecule has 0 bridgehead atoms. The first-order valence-electron chi connectivity index (χ1n) is 8.79. The molecule has 1 amide bonds. The van der Waals surface area contributed by atoms with Gasteiger partial charge in [0.05, 0.1) is 29.8 Å². The van der Waals surface area contributed by atoms with Crippen LogP contribution in [0.25, 0.3) is 10.9 Å². The Morgan fingerprint density at radius 1 is 1.40 bits per heavy atom. The summed E-state index contributed by atoms with van der Waals surface area (Å²) in [5.74, 6) is 0.744. The van der Waals surface area contributed by atoms with Crippen LogP contribution in [0.2, 0.25) is 5.02 Å². The SMILES string of the molecule is O=C(N[C@H]1[C@@H]2C[C@@](O)(c3cc(Cl)cc4[nH]ncc34)C[C@@H]21)C1CCOC1. The van der Waals surface area contributed by atoms with Crippen molar-refractivity contribution in [2.24, 2.45) is 17.8 Å². The summed E-state index contributed by atoms with van der Waals surface area (Å²) in [6, 6.07) is 3.85. The van der Waals surface area contributed by atoms with Crippen molar-refractivity contribution in [3.63, 3.8) is 0 Å². The Hall–Kier alpha value is -1.63. The molecule has 1 saturated heterocycles. The molecule has 132 valence electrons. The number of nitrogens with zero attached hydrogens (tertiary/aromatic N) is 1. The number of aromatic nitrogens is 2. The highest BCUT2D eigenvalue weighted by Crippen LogP contribution is 2.60. The molecule has 1 aromatic heterocycles. The summed E-state index contributed by atoms with van der Waals surface area (Å²) in [6.07, 6.45) is 3.83. The summed E-state index contributed by atoms with van der Waals surface area (Å²) >= 11 is 6.21. The average molecular weight is 362 g/mol. The first kappa shape index (κ1) is 15.6. The van der Waals surface area contributed by atoms with E-state index < -0.39 is 5.60 Å². The number of hydrogen-bond acceptors (Lipinski definition) is 4. The van der Waals surface area contributed by atoms with Crippen molar-refractivity contribution < 1.29 is 14.6 Å². The van der Waals surface area contributed by atoms with Gasteiger partial charge in [0, 0.05) is 23.1 Å². The van der Waals surface area contributed by atoms with Gasteiger partial charge >= 0.3 is 0 Å². The van der Waals surface area contributed by atoms with Gasteiger partial charge in [-0.25, -0.2) is 0 Å². The van der Waals surface area contributed by atoms with Crippen LogP contribution in [-0.2, 0) is 15.1 Å². The molecule has 6 nitrogen and oxygen atoms in total. The van der Waals surface area contributed by atoms with Gasteiger partial charge < -0.3 is 15.2 Å². The molecule has 2 heterocycles. The fourth-order valence-electron chi connectivity index (χ4n) is 4.72. The number of ether oxygens (including phenoxy) is 1. The first-order valence-corrected chi connectivity index (χ1v) is 9.16. The Balaban J connectivity index is 1.32. The molecular formula is C18H20ClN3O3. The highest BCUT2D eigenvalue weighted by molar-refractivity contribution is 6.31. The number of carbonyl (C=O) groups excluding carboxylic acids is 1. The molecule has 25 heavy (non-hydrogen) atoms. The zero-order valence-corrected chi connectivity index (χ0v) is 14.4. The molecule has 2 aliphatic carbocycles. The van der Waals surface area contributed by atoms with E-state index in [1.807, 2.05) is 12.1 Å². The third kappa shape index (κ3) is 2.46. The van der Waals surface area contributed by atoms with Crippen LogP contribution in [-0.4, -0.2) is 40.5 Å². The lowest BCUT2D eigenvalue weighted by Gasteiger charge is -2.27. The number of amides is 1. The smallest absolute Gasteiger partial charge is 0.225 e. The van der Waals surface area contributed by atoms with E-state index in [1.54, 1.807) is 6.20 Å². The van der Waals surface area contributed by atoms with Crippen LogP contribution in [0.15, 0.2) is 18.3 Å². The molecule has 3 N–H and O–H groups in total. The van der Waals surface area contributed by atoms with Crippen molar-refractivity contribution in [1.29, 1.82) is 0 Å². The topological polar surface area (TPSA) is 87.2 Å². The van der Waals surface area contributed by atoms with Crippen LogP contribution in [0.3, 0.4) is 0 Å². The summed E-state index contributed by atoms with van der Waals surface area (Å²) < 4.78 is 5.29. The zero-order chi connectivity index (χ0) is 17.2. The van der Waals surface area contributed by atoms with Crippen LogP contribution >= 0.6 is 11.6 Å². The minimum atomic E-state index is -0.903. The Labute approximate surface area is 149 Å². The predicted molar refractivity (Wildman–Crippen MR) is 92.1 cm³/mol. The van der Waals surface area contributed by atoms with Gasteiger partial charge in [-0.3, -0.25) is 9.89 Å². The Morgan fingerprint density at radius 3 is 2.92 bits per heavy atom. The van der Waals surface area contributed by atoms with Crippen LogP contribution in [0.1, 0.15) is 24.8 Å². The number of fused-ring (bicyclic) bond motifs is 2. The number of aliphatic hydroxyl groups is 1. The maximum absolute atomic E-state index is 12.3. The second-order valence-corrected chi connectivity index (χ2v) is 8.08. The Kier molecular flexibility index (Phi) is 3.39. The lowest BCUT2D eigenvalue weighted by Crippen LogP contribution is -2.37. The third-order valence-corrected chi connectivity index (χ3v) is 6.33. The predicted octanol–water partition coefficient (Wildman–Crippen LogP) is 1.96. The Morgan fingerprint density at radius 2 is 2.20 bits per heavy atom. The van der Waals surface area contributed by atoms with Crippen molar-refractivity contribution >= 4 is 28.4 Å². The molecule has 0 spiro atoms. The summed E-state index contributed by atoms with van der Waals surface area (Å²) in [4.78, 5) is 12.3. The standard InChI is InChI=1S/C18H20ClN3O3/c19-10-3-14(13-7-20-22-15(13)4-10)18(24)5-11-12(6-18)16(11)21-17(23)9-1-2-25-8-9/h3-4,7,9,11-12,16,24H,1-2,5-6,8H2,(H,20,22)(H,21,23)/t9?,11-,12+,16+,18+. The van der Waals surface area contributed by atoms with Crippen molar-refractivity contribution in [3.8, 4) is 0 Å². The van der Waals surface area contributed by atoms with E-state index in [-0.39, 0.29) is 17.9 Å². The van der Waals surface area contributed by atoms with Crippen molar-refractivity contribution in [1.82, 2.24) is 15.5 Å². The van der Waals surface area contributed by atoms with Crippen LogP contribution in [0.5, 0.6) is 0 Å². The fraction of sp³-hybridized carbons (Fsp3) is 0.556. The van der Waals surface area contributed by atoms with Gasteiger partial charge in [-0.2, -0.15) is 5.10 Å². The fourth-order valence-corrected chi connectivity index (χ4v) is 4.94. The lowest BCUT2D eigenvalue weighted by atomic mass is 9.86. The monoisotopic (exact) mass is 361 g/mol. The quantitative estimate of drug-likeness (QED) is 0.780. The zero-order valence-electron chi connectivity index (χ0n) is 13.7. The molecule has 3 fully saturated rings. The van der Waals surface area contributed by atoms with E-state index in [0.717, 1.165) is 22.9 Å². The van der Waals surface area contributed by atoms with E-state index in [9.17, 15) is 9.90 Å². The van der Waals surface area contributed by atoms with E-state index in [2.05, 4.69) is 15.5 Å². The van der Waals surface area contributed by atoms with Crippen molar-refractivity contribution in [3.05, 3.63) is 28.9 Å². The molecule has 7 heteroatoms. The number of aromatic amines is 1. The van der Waals surface area contributed by atoms with E-state index in [1.165, 1.54) is 0 Å². The number of rotatable bonds is 3. The number of hydrogen-bond donors (Lipinski definition) is 3. The molecule has 5 rings (SSSR count). The number of halogens is 1. The molecule has 1 aromatic carbocycles. The largest absolute Gasteiger partial charge is 0.385 e. The summed E-state index contributed by atoms with van der Waals surface area (Å²) in [5, 5.41) is 22.9. The van der Waals surface area contributed by atoms with Gasteiger partial charge in [-0.1, -0.05) is 11.6 Å². The minimum Gasteiger partial charge on any atom is -0.385 e. The van der Waals surface area contributed by atoms with E-state index >= 15 is 0 Å². The second-order valence-electron chi connectivity index (χ2n) is 7.65. The summed E-state index contributed by atoms with van der Waals surface area (Å²) in [5.41, 5.74) is 0.771. The van der Waals surface area contributed by atoms with Crippen LogP contribution in [0, 0.1) is 17.8 Å². The van der Waals surface area contributed by atoms with E-state index in [4.69, 9.17) is 16.3 Å². The first-order chi connectivity index (χ1) is 12.0. The molecule has 1 aliphatic heterocycles. The maximum Gasteiger partial charge on any atom is 0.225 e. The summed E-state index contributed by atoms with van der Waals surface area (Å²) in [6.45, 7) is 1.20. The number of benzene rings is 1. The Bertz CT molecular complexity index is 833. The average Bonchev–Trinajstić information content (AvgIpc) is 3.12. The van der Waals surface area contributed by atoms with Crippen molar-refractivity contribution in [2.45, 2.75) is 30.9 Å². The minimum absolute atomic E-state index is 0.0151. The van der Waals surface area contributed by atoms with Gasteiger partial charge in [-0.15, -0.1) is 0 Å². The van der Waals surface area contributed by atoms with Gasteiger partial charge in [-0.05, 0) is 48.8 Å². The maximum atomic E-state index is 12.3. The van der Waals surface area contributed by atoms with Gasteiger partial charge in [0.2, 0.25) is 5.91 Å². The molecule has 0 radical (unpaired) electrons. The number of H-pyrrole nitrogens is 1. The van der Waals surface area contributed by atoms with Gasteiger partial charge in [0.1, 0.15) is 0 Å². The highest BCUT2D eigenvalue weighted by atomic mass is 35.5.